The molecule has 7 heteroatoms. The Bertz CT molecular complexity index is 997. The van der Waals surface area contributed by atoms with Gasteiger partial charge in [-0.3, -0.25) is 9.69 Å². The maximum Gasteiger partial charge on any atom is 0.340 e. The van der Waals surface area contributed by atoms with Gasteiger partial charge in [0.2, 0.25) is 0 Å². The molecule has 2 aromatic carbocycles. The fraction of sp³-hybridized carbons (Fsp3) is 0.100. The van der Waals surface area contributed by atoms with Gasteiger partial charge in [-0.25, -0.2) is 9.18 Å². The number of ether oxygens (including phenoxy) is 1. The molecule has 0 radical (unpaired) electrons. The fourth-order valence-corrected chi connectivity index (χ4v) is 3.23. The Morgan fingerprint density at radius 1 is 1.15 bits per heavy atom. The van der Waals surface area contributed by atoms with Crippen LogP contribution >= 0.6 is 23.2 Å². The number of amides is 1. The van der Waals surface area contributed by atoms with Gasteiger partial charge in [-0.05, 0) is 48.9 Å². The lowest BCUT2D eigenvalue weighted by Crippen LogP contribution is -2.24. The molecule has 0 spiro atoms. The molecular formula is C20H14Cl2FNO3. The second kappa shape index (κ2) is 7.55. The molecule has 1 amide bonds. The van der Waals surface area contributed by atoms with E-state index >= 15 is 0 Å². The summed E-state index contributed by atoms with van der Waals surface area (Å²) in [4.78, 5) is 26.7. The van der Waals surface area contributed by atoms with Crippen molar-refractivity contribution in [2.45, 2.75) is 6.92 Å². The third-order valence-corrected chi connectivity index (χ3v) is 4.99. The molecular weight excluding hydrogens is 392 g/mol. The van der Waals surface area contributed by atoms with Crippen molar-refractivity contribution in [3.05, 3.63) is 80.7 Å². The smallest absolute Gasteiger partial charge is 0.340 e. The molecule has 0 unspecified atom stereocenters. The van der Waals surface area contributed by atoms with Gasteiger partial charge >= 0.3 is 5.97 Å². The second-order valence-electron chi connectivity index (χ2n) is 5.77. The molecule has 0 saturated carbocycles. The predicted molar refractivity (Wildman–Crippen MR) is 103 cm³/mol. The molecule has 4 nitrogen and oxygen atoms in total. The van der Waals surface area contributed by atoms with E-state index in [4.69, 9.17) is 27.9 Å². The van der Waals surface area contributed by atoms with Crippen molar-refractivity contribution in [1.29, 1.82) is 0 Å². The van der Waals surface area contributed by atoms with Gasteiger partial charge in [0.15, 0.2) is 0 Å². The summed E-state index contributed by atoms with van der Waals surface area (Å²) in [6.07, 6.45) is 1.50. The van der Waals surface area contributed by atoms with Crippen LogP contribution in [0.4, 0.5) is 10.1 Å². The first-order chi connectivity index (χ1) is 12.8. The van der Waals surface area contributed by atoms with Crippen LogP contribution in [0.1, 0.15) is 12.5 Å². The minimum Gasteiger partial charge on any atom is -0.465 e. The van der Waals surface area contributed by atoms with Gasteiger partial charge < -0.3 is 4.74 Å². The molecule has 0 bridgehead atoms. The zero-order valence-electron chi connectivity index (χ0n) is 14.4. The van der Waals surface area contributed by atoms with E-state index in [1.54, 1.807) is 25.1 Å². The van der Waals surface area contributed by atoms with Gasteiger partial charge in [0.25, 0.3) is 5.91 Å². The lowest BCUT2D eigenvalue weighted by atomic mass is 10.0. The van der Waals surface area contributed by atoms with Crippen molar-refractivity contribution in [2.24, 2.45) is 0 Å². The van der Waals surface area contributed by atoms with Crippen molar-refractivity contribution in [2.75, 3.05) is 12.0 Å². The Balaban J connectivity index is 2.17. The number of hydrogen-bond acceptors (Lipinski definition) is 3. The van der Waals surface area contributed by atoms with E-state index < -0.39 is 17.7 Å². The molecule has 0 atom stereocenters. The highest BCUT2D eigenvalue weighted by Gasteiger charge is 2.38. The molecule has 0 N–H and O–H groups in total. The normalized spacial score (nSPS) is 15.7. The molecule has 0 saturated heterocycles. The summed E-state index contributed by atoms with van der Waals surface area (Å²) in [5.41, 5.74) is 1.53. The summed E-state index contributed by atoms with van der Waals surface area (Å²) in [5, 5.41) is 0.591. The topological polar surface area (TPSA) is 46.6 Å². The molecule has 0 aliphatic carbocycles. The van der Waals surface area contributed by atoms with Crippen LogP contribution in [0, 0.1) is 5.82 Å². The zero-order chi connectivity index (χ0) is 19.7. The van der Waals surface area contributed by atoms with Gasteiger partial charge in [0.05, 0.1) is 28.3 Å². The fourth-order valence-electron chi connectivity index (χ4n) is 2.87. The highest BCUT2D eigenvalue weighted by atomic mass is 35.5. The van der Waals surface area contributed by atoms with Crippen LogP contribution in [-0.2, 0) is 14.3 Å². The minimum absolute atomic E-state index is 0.114. The molecule has 1 aliphatic rings. The molecule has 1 heterocycles. The van der Waals surface area contributed by atoms with Gasteiger partial charge in [0, 0.05) is 11.4 Å². The summed E-state index contributed by atoms with van der Waals surface area (Å²) in [6.45, 7) is 1.62. The van der Waals surface area contributed by atoms with Gasteiger partial charge in [0.1, 0.15) is 5.82 Å². The first-order valence-corrected chi connectivity index (χ1v) is 8.66. The minimum atomic E-state index is -0.658. The third kappa shape index (κ3) is 3.48. The first-order valence-electron chi connectivity index (χ1n) is 7.90. The van der Waals surface area contributed by atoms with E-state index in [1.807, 2.05) is 0 Å². The van der Waals surface area contributed by atoms with E-state index in [0.717, 1.165) is 0 Å². The number of nitrogens with zero attached hydrogens (tertiary/aromatic N) is 1. The summed E-state index contributed by atoms with van der Waals surface area (Å²) < 4.78 is 18.1. The molecule has 1 aliphatic heterocycles. The number of carbonyl (C=O) groups excluding carboxylic acids is 2. The molecule has 27 heavy (non-hydrogen) atoms. The van der Waals surface area contributed by atoms with Crippen LogP contribution in [0.25, 0.3) is 6.08 Å². The monoisotopic (exact) mass is 405 g/mol. The quantitative estimate of drug-likeness (QED) is 0.532. The number of anilines is 1. The summed E-state index contributed by atoms with van der Waals surface area (Å²) in [5.74, 6) is -1.54. The third-order valence-electron chi connectivity index (χ3n) is 4.16. The second-order valence-corrected chi connectivity index (χ2v) is 6.56. The lowest BCUT2D eigenvalue weighted by Gasteiger charge is -2.17. The molecule has 3 rings (SSSR count). The average molecular weight is 406 g/mol. The van der Waals surface area contributed by atoms with Crippen LogP contribution in [0.5, 0.6) is 0 Å². The number of rotatable bonds is 3. The van der Waals surface area contributed by atoms with Crippen molar-refractivity contribution in [3.8, 4) is 0 Å². The van der Waals surface area contributed by atoms with E-state index in [9.17, 15) is 14.0 Å². The largest absolute Gasteiger partial charge is 0.465 e. The Kier molecular flexibility index (Phi) is 5.35. The summed E-state index contributed by atoms with van der Waals surface area (Å²) in [6, 6.07) is 10.4. The van der Waals surface area contributed by atoms with Crippen molar-refractivity contribution in [3.63, 3.8) is 0 Å². The Morgan fingerprint density at radius 3 is 2.44 bits per heavy atom. The number of carbonyl (C=O) groups is 2. The Hall–Kier alpha value is -2.63. The molecule has 138 valence electrons. The lowest BCUT2D eigenvalue weighted by molar-refractivity contribution is -0.136. The Morgan fingerprint density at radius 2 is 1.81 bits per heavy atom. The number of halogens is 3. The molecule has 0 aromatic heterocycles. The predicted octanol–water partition coefficient (Wildman–Crippen LogP) is 5.01. The highest BCUT2D eigenvalue weighted by Crippen LogP contribution is 2.37. The van der Waals surface area contributed by atoms with Crippen LogP contribution in [-0.4, -0.2) is 19.0 Å². The standard InChI is InChI=1S/C20H14Cl2FNO3/c1-11-17(20(26)27-2)15(10-12-4-3-5-16(21)18(12)22)19(25)24(11)14-8-6-13(23)7-9-14/h3-10H,1-2H3/b15-10-. The van der Waals surface area contributed by atoms with Crippen molar-refractivity contribution < 1.29 is 18.7 Å². The van der Waals surface area contributed by atoms with Crippen molar-refractivity contribution in [1.82, 2.24) is 0 Å². The maximum absolute atomic E-state index is 13.2. The number of methoxy groups -OCH3 is 1. The van der Waals surface area contributed by atoms with E-state index in [0.29, 0.717) is 22.0 Å². The van der Waals surface area contributed by atoms with Crippen LogP contribution in [0.15, 0.2) is 59.3 Å². The van der Waals surface area contributed by atoms with Crippen LogP contribution < -0.4 is 4.90 Å². The first kappa shape index (κ1) is 19.1. The summed E-state index contributed by atoms with van der Waals surface area (Å²) >= 11 is 12.2. The van der Waals surface area contributed by atoms with Crippen molar-refractivity contribution >= 4 is 46.8 Å². The number of esters is 1. The highest BCUT2D eigenvalue weighted by molar-refractivity contribution is 6.43. The molecule has 0 fully saturated rings. The number of hydrogen-bond donors (Lipinski definition) is 0. The van der Waals surface area contributed by atoms with Crippen LogP contribution in [0.2, 0.25) is 10.0 Å². The van der Waals surface area contributed by atoms with Gasteiger partial charge in [-0.15, -0.1) is 0 Å². The van der Waals surface area contributed by atoms with E-state index in [1.165, 1.54) is 42.4 Å². The van der Waals surface area contributed by atoms with Gasteiger partial charge in [-0.1, -0.05) is 35.3 Å². The SMILES string of the molecule is COC(=O)C1=C(C)N(c2ccc(F)cc2)C(=O)/C1=C\c1cccc(Cl)c1Cl. The average Bonchev–Trinajstić information content (AvgIpc) is 2.89. The number of allylic oxidation sites excluding steroid dienone is 1. The molecule has 2 aromatic rings. The van der Waals surface area contributed by atoms with E-state index in [-0.39, 0.29) is 16.2 Å². The zero-order valence-corrected chi connectivity index (χ0v) is 15.9. The Labute approximate surface area is 165 Å². The van der Waals surface area contributed by atoms with Crippen LogP contribution in [0.3, 0.4) is 0 Å². The summed E-state index contributed by atoms with van der Waals surface area (Å²) in [7, 11) is 1.23. The van der Waals surface area contributed by atoms with E-state index in [2.05, 4.69) is 0 Å². The number of benzene rings is 2. The van der Waals surface area contributed by atoms with Gasteiger partial charge in [-0.2, -0.15) is 0 Å². The maximum atomic E-state index is 13.2.